The van der Waals surface area contributed by atoms with E-state index in [1.165, 1.54) is 6.07 Å². The second-order valence-electron chi connectivity index (χ2n) is 5.07. The largest absolute Gasteiger partial charge is 0.379 e. The fraction of sp³-hybridized carbons (Fsp3) is 0.571. The SMILES string of the molecule is CC(C)OCCCNC(C)c1cccc(S(N)(=O)=O)c1. The molecule has 0 fully saturated rings. The zero-order valence-corrected chi connectivity index (χ0v) is 13.1. The molecule has 1 unspecified atom stereocenters. The lowest BCUT2D eigenvalue weighted by atomic mass is 10.1. The summed E-state index contributed by atoms with van der Waals surface area (Å²) in [5.41, 5.74) is 0.904. The third-order valence-corrected chi connectivity index (χ3v) is 3.82. The minimum Gasteiger partial charge on any atom is -0.379 e. The Morgan fingerprint density at radius 1 is 1.30 bits per heavy atom. The maximum absolute atomic E-state index is 11.3. The van der Waals surface area contributed by atoms with Crippen molar-refractivity contribution in [1.82, 2.24) is 5.32 Å². The Labute approximate surface area is 121 Å². The maximum atomic E-state index is 11.3. The normalized spacial score (nSPS) is 13.7. The van der Waals surface area contributed by atoms with Crippen LogP contribution in [0.25, 0.3) is 0 Å². The van der Waals surface area contributed by atoms with Gasteiger partial charge in [0.2, 0.25) is 10.0 Å². The molecule has 0 amide bonds. The second kappa shape index (κ2) is 7.73. The summed E-state index contributed by atoms with van der Waals surface area (Å²) in [5, 5.41) is 8.46. The summed E-state index contributed by atoms with van der Waals surface area (Å²) in [5.74, 6) is 0. The number of hydrogen-bond acceptors (Lipinski definition) is 4. The first-order chi connectivity index (χ1) is 9.30. The van der Waals surface area contributed by atoms with E-state index in [1.54, 1.807) is 12.1 Å². The average Bonchev–Trinajstić information content (AvgIpc) is 2.37. The predicted octanol–water partition coefficient (Wildman–Crippen LogP) is 1.80. The molecular weight excluding hydrogens is 276 g/mol. The van der Waals surface area contributed by atoms with Gasteiger partial charge in [-0.3, -0.25) is 0 Å². The van der Waals surface area contributed by atoms with E-state index in [4.69, 9.17) is 9.88 Å². The van der Waals surface area contributed by atoms with Crippen LogP contribution in [0.1, 0.15) is 38.8 Å². The molecule has 0 saturated carbocycles. The first-order valence-electron chi connectivity index (χ1n) is 6.78. The van der Waals surface area contributed by atoms with Crippen molar-refractivity contribution in [1.29, 1.82) is 0 Å². The van der Waals surface area contributed by atoms with Crippen molar-refractivity contribution in [3.8, 4) is 0 Å². The highest BCUT2D eigenvalue weighted by atomic mass is 32.2. The van der Waals surface area contributed by atoms with Crippen LogP contribution in [-0.4, -0.2) is 27.7 Å². The molecule has 114 valence electrons. The smallest absolute Gasteiger partial charge is 0.238 e. The lowest BCUT2D eigenvalue weighted by molar-refractivity contribution is 0.0768. The Morgan fingerprint density at radius 3 is 2.60 bits per heavy atom. The van der Waals surface area contributed by atoms with E-state index in [0.717, 1.165) is 18.5 Å². The monoisotopic (exact) mass is 300 g/mol. The highest BCUT2D eigenvalue weighted by Crippen LogP contribution is 2.16. The van der Waals surface area contributed by atoms with Crippen molar-refractivity contribution in [2.24, 2.45) is 5.14 Å². The van der Waals surface area contributed by atoms with Crippen LogP contribution >= 0.6 is 0 Å². The first-order valence-corrected chi connectivity index (χ1v) is 8.33. The van der Waals surface area contributed by atoms with Gasteiger partial charge in [0.25, 0.3) is 0 Å². The van der Waals surface area contributed by atoms with Crippen LogP contribution in [0.5, 0.6) is 0 Å². The van der Waals surface area contributed by atoms with Gasteiger partial charge in [0.15, 0.2) is 0 Å². The van der Waals surface area contributed by atoms with Crippen LogP contribution in [-0.2, 0) is 14.8 Å². The highest BCUT2D eigenvalue weighted by molar-refractivity contribution is 7.89. The molecular formula is C14H24N2O3S. The van der Waals surface area contributed by atoms with Crippen molar-refractivity contribution in [2.45, 2.75) is 44.2 Å². The number of nitrogens with one attached hydrogen (secondary N) is 1. The van der Waals surface area contributed by atoms with Crippen molar-refractivity contribution >= 4 is 10.0 Å². The molecule has 20 heavy (non-hydrogen) atoms. The number of sulfonamides is 1. The first kappa shape index (κ1) is 17.1. The second-order valence-corrected chi connectivity index (χ2v) is 6.63. The fourth-order valence-corrected chi connectivity index (χ4v) is 2.36. The number of rotatable bonds is 8. The van der Waals surface area contributed by atoms with Crippen molar-refractivity contribution < 1.29 is 13.2 Å². The number of nitrogens with two attached hydrogens (primary N) is 1. The number of hydrogen-bond donors (Lipinski definition) is 2. The van der Waals surface area contributed by atoms with Crippen LogP contribution in [0.2, 0.25) is 0 Å². The Balaban J connectivity index is 2.49. The van der Waals surface area contributed by atoms with Gasteiger partial charge in [-0.15, -0.1) is 0 Å². The standard InChI is InChI=1S/C14H24N2O3S/c1-11(2)19-9-5-8-16-12(3)13-6-4-7-14(10-13)20(15,17)18/h4,6-7,10-12,16H,5,8-9H2,1-3H3,(H2,15,17,18). The molecule has 5 nitrogen and oxygen atoms in total. The van der Waals surface area contributed by atoms with Gasteiger partial charge in [-0.05, 0) is 51.4 Å². The van der Waals surface area contributed by atoms with E-state index in [-0.39, 0.29) is 17.0 Å². The quantitative estimate of drug-likeness (QED) is 0.717. The molecule has 0 saturated heterocycles. The van der Waals surface area contributed by atoms with Gasteiger partial charge in [-0.1, -0.05) is 12.1 Å². The molecule has 1 rings (SSSR count). The summed E-state index contributed by atoms with van der Waals surface area (Å²) in [7, 11) is -3.65. The Morgan fingerprint density at radius 2 is 2.00 bits per heavy atom. The summed E-state index contributed by atoms with van der Waals surface area (Å²) >= 11 is 0. The topological polar surface area (TPSA) is 81.4 Å². The summed E-state index contributed by atoms with van der Waals surface area (Å²) in [4.78, 5) is 0.145. The lowest BCUT2D eigenvalue weighted by Gasteiger charge is -2.15. The van der Waals surface area contributed by atoms with Gasteiger partial charge < -0.3 is 10.1 Å². The minimum absolute atomic E-state index is 0.0655. The molecule has 1 atom stereocenters. The third-order valence-electron chi connectivity index (χ3n) is 2.91. The molecule has 0 heterocycles. The van der Waals surface area contributed by atoms with Gasteiger partial charge in [0.1, 0.15) is 0 Å². The van der Waals surface area contributed by atoms with Crippen LogP contribution in [0.3, 0.4) is 0 Å². The number of ether oxygens (including phenoxy) is 1. The van der Waals surface area contributed by atoms with Crippen molar-refractivity contribution in [3.63, 3.8) is 0 Å². The highest BCUT2D eigenvalue weighted by Gasteiger charge is 2.11. The third kappa shape index (κ3) is 6.00. The summed E-state index contributed by atoms with van der Waals surface area (Å²) in [6.07, 6.45) is 1.16. The molecule has 0 aliphatic heterocycles. The zero-order valence-electron chi connectivity index (χ0n) is 12.3. The van der Waals surface area contributed by atoms with Crippen molar-refractivity contribution in [2.75, 3.05) is 13.2 Å². The van der Waals surface area contributed by atoms with Gasteiger partial charge in [-0.25, -0.2) is 13.6 Å². The zero-order chi connectivity index (χ0) is 15.2. The van der Waals surface area contributed by atoms with Gasteiger partial charge in [0, 0.05) is 12.6 Å². The Hall–Kier alpha value is -0.950. The van der Waals surface area contributed by atoms with E-state index < -0.39 is 10.0 Å². The van der Waals surface area contributed by atoms with E-state index in [1.807, 2.05) is 26.8 Å². The number of benzene rings is 1. The lowest BCUT2D eigenvalue weighted by Crippen LogP contribution is -2.22. The predicted molar refractivity (Wildman–Crippen MR) is 79.9 cm³/mol. The fourth-order valence-electron chi connectivity index (χ4n) is 1.79. The Kier molecular flexibility index (Phi) is 6.61. The molecule has 1 aromatic rings. The molecule has 0 aliphatic carbocycles. The van der Waals surface area contributed by atoms with E-state index in [2.05, 4.69) is 5.32 Å². The molecule has 1 aromatic carbocycles. The summed E-state index contributed by atoms with van der Waals surface area (Å²) in [6.45, 7) is 7.54. The van der Waals surface area contributed by atoms with Crippen LogP contribution in [0.4, 0.5) is 0 Å². The van der Waals surface area contributed by atoms with Crippen LogP contribution in [0.15, 0.2) is 29.2 Å². The van der Waals surface area contributed by atoms with Crippen LogP contribution in [0, 0.1) is 0 Å². The molecule has 0 aromatic heterocycles. The minimum atomic E-state index is -3.65. The van der Waals surface area contributed by atoms with Crippen molar-refractivity contribution in [3.05, 3.63) is 29.8 Å². The Bertz CT molecular complexity index is 515. The summed E-state index contributed by atoms with van der Waals surface area (Å²) in [6, 6.07) is 6.77. The average molecular weight is 300 g/mol. The van der Waals surface area contributed by atoms with E-state index in [0.29, 0.717) is 6.61 Å². The van der Waals surface area contributed by atoms with Gasteiger partial charge >= 0.3 is 0 Å². The van der Waals surface area contributed by atoms with E-state index >= 15 is 0 Å². The summed E-state index contributed by atoms with van der Waals surface area (Å²) < 4.78 is 28.1. The van der Waals surface area contributed by atoms with Crippen LogP contribution < -0.4 is 10.5 Å². The molecule has 0 bridgehead atoms. The maximum Gasteiger partial charge on any atom is 0.238 e. The molecule has 6 heteroatoms. The molecule has 0 spiro atoms. The van der Waals surface area contributed by atoms with E-state index in [9.17, 15) is 8.42 Å². The molecule has 0 aliphatic rings. The molecule has 0 radical (unpaired) electrons. The van der Waals surface area contributed by atoms with Gasteiger partial charge in [-0.2, -0.15) is 0 Å². The number of primary sulfonamides is 1. The molecule has 3 N–H and O–H groups in total. The van der Waals surface area contributed by atoms with Gasteiger partial charge in [0.05, 0.1) is 11.0 Å².